The molecule has 2 aliphatic carbocycles. The van der Waals surface area contributed by atoms with Crippen LogP contribution in [-0.4, -0.2) is 18.2 Å². The zero-order chi connectivity index (χ0) is 23.4. The van der Waals surface area contributed by atoms with Crippen LogP contribution >= 0.6 is 23.2 Å². The molecular weight excluding hydrogens is 447 g/mol. The molecule has 1 heterocycles. The first-order valence-corrected chi connectivity index (χ1v) is 11.4. The predicted octanol–water partition coefficient (Wildman–Crippen LogP) is 6.41. The number of Topliss-reactive ketones (excluding diaryl/α,β-unsaturated/α-hetero) is 2. The maximum Gasteiger partial charge on any atom is 0.163 e. The number of ketones is 2. The van der Waals surface area contributed by atoms with E-state index < -0.39 is 5.92 Å². The first-order chi connectivity index (χ1) is 14.9. The van der Waals surface area contributed by atoms with Crippen LogP contribution in [0.15, 0.2) is 34.8 Å². The minimum absolute atomic E-state index is 0.00264. The number of halogens is 2. The van der Waals surface area contributed by atoms with Crippen molar-refractivity contribution >= 4 is 34.8 Å². The molecule has 0 saturated carbocycles. The lowest BCUT2D eigenvalue weighted by molar-refractivity contribution is -0.120. The van der Waals surface area contributed by atoms with Gasteiger partial charge in [0, 0.05) is 47.4 Å². The highest BCUT2D eigenvalue weighted by Crippen LogP contribution is 2.55. The number of benzene rings is 1. The van der Waals surface area contributed by atoms with Gasteiger partial charge in [0.05, 0.1) is 10.9 Å². The van der Waals surface area contributed by atoms with Gasteiger partial charge in [-0.15, -0.1) is 6.42 Å². The van der Waals surface area contributed by atoms with Crippen LogP contribution in [-0.2, 0) is 14.3 Å². The Kier molecular flexibility index (Phi) is 5.72. The van der Waals surface area contributed by atoms with Crippen LogP contribution in [0.4, 0.5) is 0 Å². The van der Waals surface area contributed by atoms with E-state index >= 15 is 0 Å². The Morgan fingerprint density at radius 2 is 1.53 bits per heavy atom. The monoisotopic (exact) mass is 472 g/mol. The summed E-state index contributed by atoms with van der Waals surface area (Å²) in [6.07, 6.45) is 7.34. The van der Waals surface area contributed by atoms with E-state index in [1.807, 2.05) is 27.7 Å². The third kappa shape index (κ3) is 4.09. The number of rotatable bonds is 3. The number of carbonyl (C=O) groups excluding carboxylic acids is 2. The molecule has 0 radical (unpaired) electrons. The molecule has 6 heteroatoms. The van der Waals surface area contributed by atoms with Crippen LogP contribution in [0, 0.1) is 23.2 Å². The molecule has 0 N–H and O–H groups in total. The van der Waals surface area contributed by atoms with Crippen LogP contribution in [0.3, 0.4) is 0 Å². The third-order valence-electron chi connectivity index (χ3n) is 6.23. The maximum absolute atomic E-state index is 13.4. The van der Waals surface area contributed by atoms with Gasteiger partial charge in [-0.05, 0) is 23.0 Å². The number of hydrogen-bond donors (Lipinski definition) is 0. The van der Waals surface area contributed by atoms with E-state index in [0.717, 1.165) is 0 Å². The number of ether oxygens (including phenoxy) is 2. The van der Waals surface area contributed by atoms with E-state index in [0.29, 0.717) is 64.7 Å². The van der Waals surface area contributed by atoms with Crippen LogP contribution in [0.5, 0.6) is 5.75 Å². The fraction of sp³-hybridized carbons (Fsp3) is 0.462. The van der Waals surface area contributed by atoms with Crippen molar-refractivity contribution in [1.82, 2.24) is 0 Å². The van der Waals surface area contributed by atoms with Gasteiger partial charge in [-0.2, -0.15) is 0 Å². The van der Waals surface area contributed by atoms with Gasteiger partial charge < -0.3 is 9.47 Å². The Bertz CT molecular complexity index is 1080. The van der Waals surface area contributed by atoms with E-state index in [1.54, 1.807) is 12.1 Å². The minimum atomic E-state index is -0.648. The molecule has 0 saturated heterocycles. The first-order valence-electron chi connectivity index (χ1n) is 10.7. The molecule has 1 aromatic carbocycles. The number of terminal acetylenes is 1. The molecule has 168 valence electrons. The molecule has 3 aliphatic rings. The van der Waals surface area contributed by atoms with Crippen LogP contribution in [0.25, 0.3) is 0 Å². The summed E-state index contributed by atoms with van der Waals surface area (Å²) in [6, 6.07) is 3.28. The molecule has 1 aliphatic heterocycles. The van der Waals surface area contributed by atoms with E-state index in [9.17, 15) is 9.59 Å². The second kappa shape index (κ2) is 7.97. The van der Waals surface area contributed by atoms with Gasteiger partial charge in [0.2, 0.25) is 0 Å². The van der Waals surface area contributed by atoms with Crippen LogP contribution in [0.2, 0.25) is 10.0 Å². The summed E-state index contributed by atoms with van der Waals surface area (Å²) in [5.41, 5.74) is 1.10. The smallest absolute Gasteiger partial charge is 0.163 e. The maximum atomic E-state index is 13.4. The van der Waals surface area contributed by atoms with E-state index in [-0.39, 0.29) is 34.0 Å². The van der Waals surface area contributed by atoms with E-state index in [1.165, 1.54) is 0 Å². The quantitative estimate of drug-likeness (QED) is 0.477. The highest BCUT2D eigenvalue weighted by Gasteiger charge is 2.48. The average molecular weight is 473 g/mol. The average Bonchev–Trinajstić information content (AvgIpc) is 2.63. The molecule has 0 amide bonds. The molecule has 32 heavy (non-hydrogen) atoms. The molecule has 1 aromatic rings. The Morgan fingerprint density at radius 1 is 1.00 bits per heavy atom. The lowest BCUT2D eigenvalue weighted by atomic mass is 9.65. The largest absolute Gasteiger partial charge is 0.479 e. The summed E-state index contributed by atoms with van der Waals surface area (Å²) in [6.45, 7) is 8.18. The highest BCUT2D eigenvalue weighted by molar-refractivity contribution is 6.35. The Hall–Kier alpha value is -2.22. The van der Waals surface area contributed by atoms with Gasteiger partial charge in [0.15, 0.2) is 11.6 Å². The van der Waals surface area contributed by atoms with Gasteiger partial charge in [-0.25, -0.2) is 0 Å². The molecule has 0 aromatic heterocycles. The van der Waals surface area contributed by atoms with Gasteiger partial charge >= 0.3 is 0 Å². The van der Waals surface area contributed by atoms with Gasteiger partial charge in [0.1, 0.15) is 23.9 Å². The van der Waals surface area contributed by atoms with Gasteiger partial charge in [0.25, 0.3) is 0 Å². The standard InChI is InChI=1S/C26H26Cl2O4/c1-6-7-31-24-15(8-14(27)9-16(24)28)21-22-17(29)10-25(2,3)12-19(22)32-20-13-26(4,5)11-18(30)23(20)21/h1,8-9,21H,7,10-13H2,2-5H3. The summed E-state index contributed by atoms with van der Waals surface area (Å²) in [7, 11) is 0. The van der Waals surface area contributed by atoms with Gasteiger partial charge in [-0.3, -0.25) is 9.59 Å². The Labute approximate surface area is 198 Å². The number of allylic oxidation sites excluding steroid dienone is 4. The van der Waals surface area contributed by atoms with Gasteiger partial charge in [-0.1, -0.05) is 56.8 Å². The summed E-state index contributed by atoms with van der Waals surface area (Å²) in [4.78, 5) is 26.8. The summed E-state index contributed by atoms with van der Waals surface area (Å²) >= 11 is 12.9. The molecule has 4 nitrogen and oxygen atoms in total. The SMILES string of the molecule is C#CCOc1c(Cl)cc(Cl)cc1C1C2=C(CC(C)(C)CC2=O)OC2=C1C(=O)CC(C)(C)C2. The van der Waals surface area contributed by atoms with Crippen molar-refractivity contribution < 1.29 is 19.1 Å². The zero-order valence-corrected chi connectivity index (χ0v) is 20.2. The second-order valence-corrected chi connectivity index (χ2v) is 11.2. The predicted molar refractivity (Wildman–Crippen MR) is 125 cm³/mol. The van der Waals surface area contributed by atoms with Crippen molar-refractivity contribution in [2.45, 2.75) is 59.3 Å². The van der Waals surface area contributed by atoms with Crippen molar-refractivity contribution in [2.24, 2.45) is 10.8 Å². The van der Waals surface area contributed by atoms with Crippen molar-refractivity contribution in [3.63, 3.8) is 0 Å². The lowest BCUT2D eigenvalue weighted by Gasteiger charge is -2.43. The fourth-order valence-electron chi connectivity index (χ4n) is 5.05. The topological polar surface area (TPSA) is 52.6 Å². The zero-order valence-electron chi connectivity index (χ0n) is 18.7. The normalized spacial score (nSPS) is 22.2. The molecule has 4 rings (SSSR count). The molecule has 0 spiro atoms. The fourth-order valence-corrected chi connectivity index (χ4v) is 5.61. The van der Waals surface area contributed by atoms with Crippen molar-refractivity contribution in [3.05, 3.63) is 50.4 Å². The number of carbonyl (C=O) groups is 2. The lowest BCUT2D eigenvalue weighted by Crippen LogP contribution is -2.37. The molecule has 0 bridgehead atoms. The second-order valence-electron chi connectivity index (χ2n) is 10.4. The van der Waals surface area contributed by atoms with Crippen molar-refractivity contribution in [1.29, 1.82) is 0 Å². The Morgan fingerprint density at radius 3 is 2.03 bits per heavy atom. The first kappa shape index (κ1) is 23.0. The van der Waals surface area contributed by atoms with Crippen molar-refractivity contribution in [3.8, 4) is 18.1 Å². The molecule has 0 unspecified atom stereocenters. The van der Waals surface area contributed by atoms with Crippen LogP contribution in [0.1, 0.15) is 64.9 Å². The third-order valence-corrected chi connectivity index (χ3v) is 6.73. The highest BCUT2D eigenvalue weighted by atomic mass is 35.5. The summed E-state index contributed by atoms with van der Waals surface area (Å²) < 4.78 is 12.1. The minimum Gasteiger partial charge on any atom is -0.479 e. The van der Waals surface area contributed by atoms with Crippen LogP contribution < -0.4 is 4.74 Å². The van der Waals surface area contributed by atoms with E-state index in [4.69, 9.17) is 39.1 Å². The molecular formula is C26H26Cl2O4. The molecule has 0 fully saturated rings. The number of hydrogen-bond acceptors (Lipinski definition) is 4. The Balaban J connectivity index is 1.99. The van der Waals surface area contributed by atoms with E-state index in [2.05, 4.69) is 5.92 Å². The van der Waals surface area contributed by atoms with Crippen molar-refractivity contribution in [2.75, 3.05) is 6.61 Å². The molecule has 0 atom stereocenters. The summed E-state index contributed by atoms with van der Waals surface area (Å²) in [5, 5.41) is 0.673. The summed E-state index contributed by atoms with van der Waals surface area (Å²) in [5.74, 6) is 3.31.